The third-order valence-electron chi connectivity index (χ3n) is 2.03. The number of rotatable bonds is 3. The molecule has 0 atom stereocenters. The predicted molar refractivity (Wildman–Crippen MR) is 50.2 cm³/mol. The number of aryl methyl sites for hydroxylation is 1. The first-order chi connectivity index (χ1) is 5.27. The van der Waals surface area contributed by atoms with Gasteiger partial charge in [0.15, 0.2) is 0 Å². The fourth-order valence-electron chi connectivity index (χ4n) is 1.26. The second kappa shape index (κ2) is 3.86. The molecule has 0 aliphatic carbocycles. The van der Waals surface area contributed by atoms with E-state index in [0.29, 0.717) is 0 Å². The van der Waals surface area contributed by atoms with Crippen LogP contribution in [-0.4, -0.2) is 4.98 Å². The Balaban J connectivity index is 2.73. The summed E-state index contributed by atoms with van der Waals surface area (Å²) in [6.07, 6.45) is 4.49. The summed E-state index contributed by atoms with van der Waals surface area (Å²) >= 11 is 1.83. The van der Waals surface area contributed by atoms with Crippen LogP contribution in [0.2, 0.25) is 0 Å². The molecule has 2 heteroatoms. The van der Waals surface area contributed by atoms with Crippen LogP contribution >= 0.6 is 11.3 Å². The average Bonchev–Trinajstić information content (AvgIpc) is 2.39. The quantitative estimate of drug-likeness (QED) is 0.676. The maximum Gasteiger partial charge on any atom is 0.0896 e. The number of nitrogens with zero attached hydrogens (tertiary/aromatic N) is 1. The summed E-state index contributed by atoms with van der Waals surface area (Å²) in [5.41, 5.74) is 0. The molecule has 0 amide bonds. The van der Waals surface area contributed by atoms with Crippen molar-refractivity contribution in [2.45, 2.75) is 39.5 Å². The Kier molecular flexibility index (Phi) is 3.06. The Hall–Kier alpha value is -0.370. The lowest BCUT2D eigenvalue weighted by atomic mass is 10.0. The minimum Gasteiger partial charge on any atom is -0.250 e. The second-order valence-corrected chi connectivity index (χ2v) is 4.06. The molecule has 0 aromatic carbocycles. The summed E-state index contributed by atoms with van der Waals surface area (Å²) in [5, 5.41) is 1.19. The molecule has 62 valence electrons. The minimum absolute atomic E-state index is 0.737. The average molecular weight is 169 g/mol. The smallest absolute Gasteiger partial charge is 0.0896 e. The van der Waals surface area contributed by atoms with Gasteiger partial charge in [0.05, 0.1) is 5.01 Å². The van der Waals surface area contributed by atoms with Crippen LogP contribution in [0.15, 0.2) is 6.20 Å². The van der Waals surface area contributed by atoms with E-state index in [1.165, 1.54) is 22.7 Å². The van der Waals surface area contributed by atoms with E-state index in [4.69, 9.17) is 0 Å². The molecule has 0 N–H and O–H groups in total. The molecular formula is C9H15NS. The first-order valence-corrected chi connectivity index (χ1v) is 5.01. The zero-order valence-corrected chi connectivity index (χ0v) is 8.24. The molecule has 11 heavy (non-hydrogen) atoms. The van der Waals surface area contributed by atoms with Gasteiger partial charge in [0.1, 0.15) is 0 Å². The molecule has 0 radical (unpaired) electrons. The monoisotopic (exact) mass is 169 g/mol. The molecule has 1 aromatic rings. The first-order valence-electron chi connectivity index (χ1n) is 4.20. The van der Waals surface area contributed by atoms with Gasteiger partial charge in [-0.3, -0.25) is 0 Å². The lowest BCUT2D eigenvalue weighted by Gasteiger charge is -2.07. The van der Waals surface area contributed by atoms with Gasteiger partial charge in [0.25, 0.3) is 0 Å². The molecule has 0 aliphatic rings. The predicted octanol–water partition coefficient (Wildman–Crippen LogP) is 3.36. The highest BCUT2D eigenvalue weighted by atomic mass is 32.1. The fourth-order valence-corrected chi connectivity index (χ4v) is 2.31. The van der Waals surface area contributed by atoms with Gasteiger partial charge < -0.3 is 0 Å². The van der Waals surface area contributed by atoms with Gasteiger partial charge in [-0.25, -0.2) is 4.98 Å². The van der Waals surface area contributed by atoms with E-state index in [0.717, 1.165) is 5.92 Å². The van der Waals surface area contributed by atoms with E-state index >= 15 is 0 Å². The third kappa shape index (κ3) is 2.03. The molecule has 0 fully saturated rings. The molecule has 0 saturated carbocycles. The molecule has 0 unspecified atom stereocenters. The highest BCUT2D eigenvalue weighted by Gasteiger charge is 2.08. The van der Waals surface area contributed by atoms with E-state index in [2.05, 4.69) is 25.8 Å². The molecule has 1 aromatic heterocycles. The van der Waals surface area contributed by atoms with Crippen molar-refractivity contribution < 1.29 is 0 Å². The van der Waals surface area contributed by atoms with E-state index in [-0.39, 0.29) is 0 Å². The molecule has 1 nitrogen and oxygen atoms in total. The molecular weight excluding hydrogens is 154 g/mol. The zero-order chi connectivity index (χ0) is 8.27. The maximum atomic E-state index is 4.25. The number of aromatic nitrogens is 1. The second-order valence-electron chi connectivity index (χ2n) is 2.80. The zero-order valence-electron chi connectivity index (χ0n) is 7.42. The molecule has 0 saturated heterocycles. The van der Waals surface area contributed by atoms with Crippen LogP contribution in [0.5, 0.6) is 0 Å². The van der Waals surface area contributed by atoms with Crippen molar-refractivity contribution in [1.29, 1.82) is 0 Å². The molecule has 0 spiro atoms. The van der Waals surface area contributed by atoms with Crippen molar-refractivity contribution >= 4 is 11.3 Å². The van der Waals surface area contributed by atoms with E-state index in [1.807, 2.05) is 17.5 Å². The van der Waals surface area contributed by atoms with Gasteiger partial charge in [0.2, 0.25) is 0 Å². The van der Waals surface area contributed by atoms with Crippen molar-refractivity contribution in [2.75, 3.05) is 0 Å². The SMILES string of the molecule is CCC(CC)c1cnc(C)s1. The summed E-state index contributed by atoms with van der Waals surface area (Å²) in [4.78, 5) is 5.70. The Bertz CT molecular complexity index is 213. The Labute approximate surface area is 72.5 Å². The highest BCUT2D eigenvalue weighted by Crippen LogP contribution is 2.27. The lowest BCUT2D eigenvalue weighted by Crippen LogP contribution is -1.90. The Morgan fingerprint density at radius 3 is 2.45 bits per heavy atom. The summed E-state index contributed by atoms with van der Waals surface area (Å²) in [6.45, 7) is 6.54. The van der Waals surface area contributed by atoms with Gasteiger partial charge in [-0.2, -0.15) is 0 Å². The van der Waals surface area contributed by atoms with Gasteiger partial charge in [-0.1, -0.05) is 13.8 Å². The summed E-state index contributed by atoms with van der Waals surface area (Å²) in [6, 6.07) is 0. The lowest BCUT2D eigenvalue weighted by molar-refractivity contribution is 0.652. The topological polar surface area (TPSA) is 12.9 Å². The van der Waals surface area contributed by atoms with Crippen LogP contribution in [0.25, 0.3) is 0 Å². The van der Waals surface area contributed by atoms with Gasteiger partial charge in [0, 0.05) is 11.1 Å². The molecule has 1 heterocycles. The van der Waals surface area contributed by atoms with E-state index < -0.39 is 0 Å². The highest BCUT2D eigenvalue weighted by molar-refractivity contribution is 7.11. The third-order valence-corrected chi connectivity index (χ3v) is 3.10. The summed E-state index contributed by atoms with van der Waals surface area (Å²) in [7, 11) is 0. The van der Waals surface area contributed by atoms with Crippen LogP contribution in [-0.2, 0) is 0 Å². The van der Waals surface area contributed by atoms with Crippen molar-refractivity contribution in [3.63, 3.8) is 0 Å². The Morgan fingerprint density at radius 1 is 1.45 bits per heavy atom. The number of thiazole rings is 1. The van der Waals surface area contributed by atoms with E-state index in [9.17, 15) is 0 Å². The number of hydrogen-bond acceptors (Lipinski definition) is 2. The maximum absolute atomic E-state index is 4.25. The van der Waals surface area contributed by atoms with Crippen LogP contribution in [0.3, 0.4) is 0 Å². The van der Waals surface area contributed by atoms with Crippen LogP contribution in [0.1, 0.15) is 42.5 Å². The number of hydrogen-bond donors (Lipinski definition) is 0. The molecule has 0 bridgehead atoms. The van der Waals surface area contributed by atoms with Crippen LogP contribution in [0, 0.1) is 6.92 Å². The van der Waals surface area contributed by atoms with Crippen molar-refractivity contribution in [1.82, 2.24) is 4.98 Å². The van der Waals surface area contributed by atoms with Crippen LogP contribution in [0.4, 0.5) is 0 Å². The van der Waals surface area contributed by atoms with Crippen molar-refractivity contribution in [3.8, 4) is 0 Å². The van der Waals surface area contributed by atoms with Gasteiger partial charge >= 0.3 is 0 Å². The summed E-state index contributed by atoms with van der Waals surface area (Å²) in [5.74, 6) is 0.737. The van der Waals surface area contributed by atoms with Crippen molar-refractivity contribution in [2.24, 2.45) is 0 Å². The normalized spacial score (nSPS) is 10.9. The van der Waals surface area contributed by atoms with Crippen LogP contribution < -0.4 is 0 Å². The molecule has 1 rings (SSSR count). The van der Waals surface area contributed by atoms with Gasteiger partial charge in [-0.15, -0.1) is 11.3 Å². The van der Waals surface area contributed by atoms with Crippen molar-refractivity contribution in [3.05, 3.63) is 16.1 Å². The first kappa shape index (κ1) is 8.72. The Morgan fingerprint density at radius 2 is 2.09 bits per heavy atom. The van der Waals surface area contributed by atoms with E-state index in [1.54, 1.807) is 0 Å². The largest absolute Gasteiger partial charge is 0.250 e. The van der Waals surface area contributed by atoms with Gasteiger partial charge in [-0.05, 0) is 25.7 Å². The fraction of sp³-hybridized carbons (Fsp3) is 0.667. The minimum atomic E-state index is 0.737. The summed E-state index contributed by atoms with van der Waals surface area (Å²) < 4.78 is 0. The molecule has 0 aliphatic heterocycles. The standard InChI is InChI=1S/C9H15NS/c1-4-8(5-2)9-6-10-7(3)11-9/h6,8H,4-5H2,1-3H3.